The van der Waals surface area contributed by atoms with Crippen molar-refractivity contribution in [1.82, 2.24) is 5.32 Å². The second-order valence-corrected chi connectivity index (χ2v) is 8.13. The van der Waals surface area contributed by atoms with E-state index in [9.17, 15) is 9.90 Å². The Labute approximate surface area is 162 Å². The van der Waals surface area contributed by atoms with Gasteiger partial charge in [-0.25, -0.2) is 0 Å². The van der Waals surface area contributed by atoms with E-state index in [2.05, 4.69) is 5.32 Å². The van der Waals surface area contributed by atoms with E-state index in [1.54, 1.807) is 18.2 Å². The number of aromatic hydroxyl groups is 1. The summed E-state index contributed by atoms with van der Waals surface area (Å²) >= 11 is 12.6. The van der Waals surface area contributed by atoms with Crippen LogP contribution in [-0.4, -0.2) is 23.1 Å². The molecule has 1 aliphatic carbocycles. The highest BCUT2D eigenvalue weighted by molar-refractivity contribution is 6.35. The molecule has 2 aliphatic rings. The minimum absolute atomic E-state index is 0.0203. The fraction of sp³-hybridized carbons (Fsp3) is 0.350. The first-order chi connectivity index (χ1) is 12.4. The first-order valence-electron chi connectivity index (χ1n) is 8.71. The summed E-state index contributed by atoms with van der Waals surface area (Å²) in [4.78, 5) is 12.4. The average Bonchev–Trinajstić information content (AvgIpc) is 2.91. The molecular weight excluding hydrogens is 371 g/mol. The van der Waals surface area contributed by atoms with Crippen molar-refractivity contribution in [1.29, 1.82) is 0 Å². The van der Waals surface area contributed by atoms with Crippen LogP contribution in [0.2, 0.25) is 10.0 Å². The summed E-state index contributed by atoms with van der Waals surface area (Å²) in [5.41, 5.74) is 7.76. The number of rotatable bonds is 2. The van der Waals surface area contributed by atoms with Crippen molar-refractivity contribution in [3.63, 3.8) is 0 Å². The fourth-order valence-electron chi connectivity index (χ4n) is 4.63. The van der Waals surface area contributed by atoms with Crippen molar-refractivity contribution in [2.75, 3.05) is 6.54 Å². The lowest BCUT2D eigenvalue weighted by atomic mass is 9.60. The molecule has 4 N–H and O–H groups in total. The molecule has 1 saturated carbocycles. The zero-order valence-electron chi connectivity index (χ0n) is 14.1. The average molecular weight is 391 g/mol. The van der Waals surface area contributed by atoms with Crippen molar-refractivity contribution in [3.05, 3.63) is 63.6 Å². The van der Waals surface area contributed by atoms with Crippen LogP contribution in [0.25, 0.3) is 0 Å². The van der Waals surface area contributed by atoms with Gasteiger partial charge in [-0.15, -0.1) is 0 Å². The third kappa shape index (κ3) is 2.77. The minimum atomic E-state index is -0.863. The Bertz CT molecular complexity index is 855. The smallest absolute Gasteiger partial charge is 0.240 e. The number of fused-ring (bicyclic) bond motifs is 1. The van der Waals surface area contributed by atoms with Crippen LogP contribution in [0.1, 0.15) is 35.8 Å². The number of amides is 1. The lowest BCUT2D eigenvalue weighted by Gasteiger charge is -2.44. The molecule has 26 heavy (non-hydrogen) atoms. The molecule has 4 rings (SSSR count). The summed E-state index contributed by atoms with van der Waals surface area (Å²) in [6, 6.07) is 12.7. The highest BCUT2D eigenvalue weighted by atomic mass is 35.5. The highest BCUT2D eigenvalue weighted by Crippen LogP contribution is 2.53. The molecule has 1 aliphatic heterocycles. The zero-order chi connectivity index (χ0) is 18.5. The molecule has 136 valence electrons. The standard InChI is InChI=1S/C20H20Cl2N2O2/c21-12-3-6-14(17(22)9-12)15-7-8-20(23)16(10-24-19(20)26)18(15)11-1-4-13(25)5-2-11/h1-6,9,15-16,18,25H,7-8,10,23H2,(H,24,26). The fourth-order valence-corrected chi connectivity index (χ4v) is 5.18. The monoisotopic (exact) mass is 390 g/mol. The minimum Gasteiger partial charge on any atom is -0.508 e. The molecule has 4 atom stereocenters. The third-order valence-corrected chi connectivity index (χ3v) is 6.51. The van der Waals surface area contributed by atoms with Gasteiger partial charge in [0.25, 0.3) is 0 Å². The largest absolute Gasteiger partial charge is 0.508 e. The topological polar surface area (TPSA) is 75.3 Å². The number of carbonyl (C=O) groups is 1. The van der Waals surface area contributed by atoms with Crippen LogP contribution in [0, 0.1) is 5.92 Å². The summed E-state index contributed by atoms with van der Waals surface area (Å²) in [6.45, 7) is 0.544. The Morgan fingerprint density at radius 2 is 1.88 bits per heavy atom. The van der Waals surface area contributed by atoms with Crippen molar-refractivity contribution < 1.29 is 9.90 Å². The van der Waals surface area contributed by atoms with E-state index in [1.165, 1.54) is 0 Å². The van der Waals surface area contributed by atoms with Crippen molar-refractivity contribution >= 4 is 29.1 Å². The van der Waals surface area contributed by atoms with E-state index in [0.29, 0.717) is 23.0 Å². The molecule has 0 spiro atoms. The molecule has 1 saturated heterocycles. The molecule has 1 amide bonds. The number of phenolic OH excluding ortho intramolecular Hbond substituents is 1. The summed E-state index contributed by atoms with van der Waals surface area (Å²) in [7, 11) is 0. The van der Waals surface area contributed by atoms with Gasteiger partial charge in [0, 0.05) is 22.5 Å². The Hall–Kier alpha value is -1.75. The van der Waals surface area contributed by atoms with Crippen LogP contribution >= 0.6 is 23.2 Å². The summed E-state index contributed by atoms with van der Waals surface area (Å²) in [6.07, 6.45) is 1.37. The van der Waals surface area contributed by atoms with Crippen molar-refractivity contribution in [3.8, 4) is 5.75 Å². The van der Waals surface area contributed by atoms with Crippen molar-refractivity contribution in [2.45, 2.75) is 30.2 Å². The van der Waals surface area contributed by atoms with Crippen LogP contribution in [0.15, 0.2) is 42.5 Å². The lowest BCUT2D eigenvalue weighted by Crippen LogP contribution is -2.56. The van der Waals surface area contributed by atoms with Gasteiger partial charge in [-0.1, -0.05) is 41.4 Å². The number of carbonyl (C=O) groups excluding carboxylic acids is 1. The summed E-state index contributed by atoms with van der Waals surface area (Å²) in [5.74, 6) is 0.243. The van der Waals surface area contributed by atoms with Gasteiger partial charge in [0.1, 0.15) is 11.3 Å². The molecule has 2 aromatic rings. The molecule has 2 fully saturated rings. The number of hydrogen-bond donors (Lipinski definition) is 3. The summed E-state index contributed by atoms with van der Waals surface area (Å²) < 4.78 is 0. The Morgan fingerprint density at radius 3 is 2.58 bits per heavy atom. The molecule has 6 heteroatoms. The molecule has 0 bridgehead atoms. The third-order valence-electron chi connectivity index (χ3n) is 5.94. The van der Waals surface area contributed by atoms with Crippen molar-refractivity contribution in [2.24, 2.45) is 11.7 Å². The van der Waals surface area contributed by atoms with Gasteiger partial charge < -0.3 is 16.2 Å². The SMILES string of the molecule is NC12CCC(c3ccc(Cl)cc3Cl)C(c3ccc(O)cc3)C1CNC2=O. The van der Waals surface area contributed by atoms with Gasteiger partial charge in [-0.3, -0.25) is 4.79 Å². The predicted octanol–water partition coefficient (Wildman–Crippen LogP) is 3.80. The van der Waals surface area contributed by atoms with E-state index >= 15 is 0 Å². The number of halogens is 2. The summed E-state index contributed by atoms with van der Waals surface area (Å²) in [5, 5.41) is 13.8. The Morgan fingerprint density at radius 1 is 1.15 bits per heavy atom. The van der Waals surface area contributed by atoms with Crippen LogP contribution in [0.4, 0.5) is 0 Å². The maximum atomic E-state index is 12.4. The number of hydrogen-bond acceptors (Lipinski definition) is 3. The van der Waals surface area contributed by atoms with Gasteiger partial charge in [0.05, 0.1) is 0 Å². The first-order valence-corrected chi connectivity index (χ1v) is 9.47. The predicted molar refractivity (Wildman–Crippen MR) is 103 cm³/mol. The molecule has 2 aromatic carbocycles. The number of phenols is 1. The van der Waals surface area contributed by atoms with Gasteiger partial charge in [-0.05, 0) is 60.1 Å². The van der Waals surface area contributed by atoms with Gasteiger partial charge in [-0.2, -0.15) is 0 Å². The second-order valence-electron chi connectivity index (χ2n) is 7.29. The van der Waals surface area contributed by atoms with Gasteiger partial charge >= 0.3 is 0 Å². The first kappa shape index (κ1) is 17.7. The van der Waals surface area contributed by atoms with Crippen LogP contribution in [0.5, 0.6) is 5.75 Å². The normalized spacial score (nSPS) is 30.7. The maximum Gasteiger partial charge on any atom is 0.240 e. The molecule has 0 radical (unpaired) electrons. The van der Waals surface area contributed by atoms with Crippen LogP contribution < -0.4 is 11.1 Å². The van der Waals surface area contributed by atoms with E-state index < -0.39 is 5.54 Å². The lowest BCUT2D eigenvalue weighted by molar-refractivity contribution is -0.125. The number of nitrogens with one attached hydrogen (secondary N) is 1. The zero-order valence-corrected chi connectivity index (χ0v) is 15.6. The molecule has 1 heterocycles. The highest BCUT2D eigenvalue weighted by Gasteiger charge is 2.55. The molecule has 0 aromatic heterocycles. The molecule has 4 nitrogen and oxygen atoms in total. The van der Waals surface area contributed by atoms with Gasteiger partial charge in [0.2, 0.25) is 5.91 Å². The maximum absolute atomic E-state index is 12.4. The van der Waals surface area contributed by atoms with E-state index in [4.69, 9.17) is 28.9 Å². The second kappa shape index (κ2) is 6.45. The number of benzene rings is 2. The quantitative estimate of drug-likeness (QED) is 0.729. The van der Waals surface area contributed by atoms with Gasteiger partial charge in [0.15, 0.2) is 0 Å². The molecule has 4 unspecified atom stereocenters. The van der Waals surface area contributed by atoms with Crippen LogP contribution in [0.3, 0.4) is 0 Å². The number of nitrogens with two attached hydrogens (primary N) is 1. The van der Waals surface area contributed by atoms with E-state index in [-0.39, 0.29) is 29.4 Å². The Balaban J connectivity index is 1.82. The van der Waals surface area contributed by atoms with E-state index in [0.717, 1.165) is 17.5 Å². The Kier molecular flexibility index (Phi) is 4.38. The van der Waals surface area contributed by atoms with E-state index in [1.807, 2.05) is 24.3 Å². The molecular formula is C20H20Cl2N2O2. The van der Waals surface area contributed by atoms with Crippen LogP contribution in [-0.2, 0) is 4.79 Å².